The number of nitrogens with zero attached hydrogens (tertiary/aromatic N) is 1. The number of hydrogen-bond donors (Lipinski definition) is 2. The molecular weight excluding hydrogens is 1050 g/mol. The first-order valence-electron chi connectivity index (χ1n) is 35.3. The van der Waals surface area contributed by atoms with E-state index < -0.39 is 20.0 Å². The second-order valence-electron chi connectivity index (χ2n) is 25.0. The Kier molecular flexibility index (Phi) is 60.6. The summed E-state index contributed by atoms with van der Waals surface area (Å²) in [6.07, 6.45) is 81.9. The molecule has 0 aromatic carbocycles. The average molecular weight is 1180 g/mol. The fourth-order valence-corrected chi connectivity index (χ4v) is 10.9. The Labute approximate surface area is 514 Å². The summed E-state index contributed by atoms with van der Waals surface area (Å²) in [6.45, 7) is 7.01. The zero-order valence-corrected chi connectivity index (χ0v) is 56.3. The Morgan fingerprint density at radius 1 is 0.422 bits per heavy atom. The van der Waals surface area contributed by atoms with E-state index in [0.717, 1.165) is 89.9 Å². The van der Waals surface area contributed by atoms with Crippen LogP contribution in [0.3, 0.4) is 0 Å². The van der Waals surface area contributed by atoms with E-state index in [4.69, 9.17) is 13.8 Å². The normalized spacial score (nSPS) is 14.0. The van der Waals surface area contributed by atoms with Gasteiger partial charge >= 0.3 is 13.8 Å². The van der Waals surface area contributed by atoms with Gasteiger partial charge in [-0.15, -0.1) is 0 Å². The number of allylic oxidation sites excluding steroid dienone is 11. The number of likely N-dealkylation sites (N-methyl/N-ethyl adjacent to an activating group) is 1. The van der Waals surface area contributed by atoms with Crippen LogP contribution in [0.25, 0.3) is 0 Å². The van der Waals surface area contributed by atoms with E-state index >= 15 is 0 Å². The predicted molar refractivity (Wildman–Crippen MR) is 360 cm³/mol. The van der Waals surface area contributed by atoms with Gasteiger partial charge in [0.2, 0.25) is 5.91 Å². The summed E-state index contributed by atoms with van der Waals surface area (Å²) in [6, 6.07) is -0.854. The topological polar surface area (TPSA) is 111 Å². The average Bonchev–Trinajstić information content (AvgIpc) is 3.47. The van der Waals surface area contributed by atoms with E-state index in [1.54, 1.807) is 0 Å². The van der Waals surface area contributed by atoms with Crippen LogP contribution in [-0.2, 0) is 27.9 Å². The van der Waals surface area contributed by atoms with Gasteiger partial charge in [0.1, 0.15) is 19.3 Å². The van der Waals surface area contributed by atoms with Crippen molar-refractivity contribution < 1.29 is 37.3 Å². The molecule has 0 fully saturated rings. The van der Waals surface area contributed by atoms with Crippen LogP contribution in [-0.4, -0.2) is 74.3 Å². The van der Waals surface area contributed by atoms with Gasteiger partial charge in [-0.1, -0.05) is 287 Å². The van der Waals surface area contributed by atoms with Crippen LogP contribution < -0.4 is 5.32 Å². The van der Waals surface area contributed by atoms with Crippen molar-refractivity contribution in [1.29, 1.82) is 0 Å². The maximum absolute atomic E-state index is 13.6. The van der Waals surface area contributed by atoms with Crippen molar-refractivity contribution in [2.45, 2.75) is 341 Å². The molecule has 0 spiro atoms. The minimum Gasteiger partial charge on any atom is -0.456 e. The van der Waals surface area contributed by atoms with E-state index in [2.05, 4.69) is 86.8 Å². The van der Waals surface area contributed by atoms with Gasteiger partial charge in [-0.25, -0.2) is 4.57 Å². The third-order valence-electron chi connectivity index (χ3n) is 15.6. The van der Waals surface area contributed by atoms with Crippen LogP contribution in [0, 0.1) is 0 Å². The lowest BCUT2D eigenvalue weighted by Gasteiger charge is -2.27. The van der Waals surface area contributed by atoms with E-state index in [1.165, 1.54) is 205 Å². The Balaban J connectivity index is 5.09. The van der Waals surface area contributed by atoms with Gasteiger partial charge in [0.25, 0.3) is 0 Å². The molecule has 484 valence electrons. The maximum Gasteiger partial charge on any atom is 0.472 e. The minimum absolute atomic E-state index is 0.0379. The van der Waals surface area contributed by atoms with Crippen LogP contribution >= 0.6 is 7.82 Å². The van der Waals surface area contributed by atoms with E-state index in [1.807, 2.05) is 33.3 Å². The molecule has 0 aromatic heterocycles. The smallest absolute Gasteiger partial charge is 0.456 e. The monoisotopic (exact) mass is 1180 g/mol. The van der Waals surface area contributed by atoms with Crippen molar-refractivity contribution in [1.82, 2.24) is 5.32 Å². The number of carbonyl (C=O) groups is 2. The maximum atomic E-state index is 13.6. The molecule has 10 heteroatoms. The van der Waals surface area contributed by atoms with Gasteiger partial charge in [0, 0.05) is 12.8 Å². The molecular formula is C73H136N2O7P+. The Morgan fingerprint density at radius 2 is 0.735 bits per heavy atom. The van der Waals surface area contributed by atoms with E-state index in [9.17, 15) is 19.0 Å². The molecule has 0 bridgehead atoms. The Bertz CT molecular complexity index is 1650. The van der Waals surface area contributed by atoms with Crippen molar-refractivity contribution in [3.8, 4) is 0 Å². The fraction of sp³-hybridized carbons (Fsp3) is 0.808. The van der Waals surface area contributed by atoms with E-state index in [-0.39, 0.29) is 31.5 Å². The van der Waals surface area contributed by atoms with E-state index in [0.29, 0.717) is 17.4 Å². The third-order valence-corrected chi connectivity index (χ3v) is 16.6. The lowest BCUT2D eigenvalue weighted by Crippen LogP contribution is -2.47. The number of quaternary nitrogens is 1. The molecule has 0 heterocycles. The van der Waals surface area contributed by atoms with Crippen LogP contribution in [0.5, 0.6) is 0 Å². The molecule has 1 amide bonds. The predicted octanol–water partition coefficient (Wildman–Crippen LogP) is 22.3. The van der Waals surface area contributed by atoms with Crippen molar-refractivity contribution in [3.05, 3.63) is 72.9 Å². The highest BCUT2D eigenvalue weighted by atomic mass is 31.2. The van der Waals surface area contributed by atoms with Crippen molar-refractivity contribution in [2.75, 3.05) is 40.9 Å². The molecule has 0 aromatic rings. The quantitative estimate of drug-likeness (QED) is 0.0205. The summed E-state index contributed by atoms with van der Waals surface area (Å²) in [5, 5.41) is 3.07. The van der Waals surface area contributed by atoms with Crippen LogP contribution in [0.1, 0.15) is 329 Å². The molecule has 0 aliphatic rings. The number of ether oxygens (including phenoxy) is 1. The van der Waals surface area contributed by atoms with Gasteiger partial charge in [0.15, 0.2) is 0 Å². The first kappa shape index (κ1) is 80.5. The molecule has 2 N–H and O–H groups in total. The third kappa shape index (κ3) is 63.8. The molecule has 0 radical (unpaired) electrons. The fourth-order valence-electron chi connectivity index (χ4n) is 10.2. The molecule has 0 saturated heterocycles. The number of esters is 1. The number of unbranched alkanes of at least 4 members (excludes halogenated alkanes) is 38. The summed E-state index contributed by atoms with van der Waals surface area (Å²) >= 11 is 0. The van der Waals surface area contributed by atoms with Crippen molar-refractivity contribution in [3.63, 3.8) is 0 Å². The number of phosphoric ester groups is 1. The van der Waals surface area contributed by atoms with Crippen LogP contribution in [0.4, 0.5) is 0 Å². The van der Waals surface area contributed by atoms with Gasteiger partial charge in [-0.2, -0.15) is 0 Å². The largest absolute Gasteiger partial charge is 0.472 e. The number of nitrogens with one attached hydrogen (secondary N) is 1. The van der Waals surface area contributed by atoms with Gasteiger partial charge in [-0.3, -0.25) is 18.6 Å². The highest BCUT2D eigenvalue weighted by molar-refractivity contribution is 7.47. The number of amides is 1. The summed E-state index contributed by atoms with van der Waals surface area (Å²) < 4.78 is 30.8. The van der Waals surface area contributed by atoms with Gasteiger partial charge in [0.05, 0.1) is 33.8 Å². The zero-order valence-electron chi connectivity index (χ0n) is 55.4. The molecule has 0 aliphatic heterocycles. The molecule has 0 rings (SSSR count). The number of hydrogen-bond acceptors (Lipinski definition) is 6. The Hall–Kier alpha value is -2.55. The zero-order chi connectivity index (χ0) is 60.7. The second kappa shape index (κ2) is 62.5. The summed E-state index contributed by atoms with van der Waals surface area (Å²) in [7, 11) is 1.50. The lowest BCUT2D eigenvalue weighted by atomic mass is 10.0. The van der Waals surface area contributed by atoms with Crippen LogP contribution in [0.2, 0.25) is 0 Å². The molecule has 9 nitrogen and oxygen atoms in total. The lowest BCUT2D eigenvalue weighted by molar-refractivity contribution is -0.870. The molecule has 3 unspecified atom stereocenters. The second-order valence-corrected chi connectivity index (χ2v) is 26.5. The molecule has 0 saturated carbocycles. The van der Waals surface area contributed by atoms with Gasteiger partial charge in [-0.05, 0) is 102 Å². The first-order chi connectivity index (χ1) is 40.4. The number of rotatable bonds is 64. The first-order valence-corrected chi connectivity index (χ1v) is 36.8. The molecule has 3 atom stereocenters. The standard InChI is InChI=1S/C73H135N2O7P/c1-7-10-13-16-19-22-25-28-30-32-33-34-35-36-37-38-39-40-41-43-45-48-51-54-57-60-63-66-73(77)82-71(64-61-58-55-52-49-46-27-24-21-18-15-12-9-3)70(69-81-83(78,79)80-68-67-75(4,5)6)74-72(76)65-62-59-56-53-50-47-44-42-31-29-26-23-20-17-14-11-8-2/h19,22,28-31,33-34,36-37,61,64,70-71H,7-18,20-21,23-27,32,35,38-60,62-63,65-69H2,1-6H3,(H-,74,76,78,79)/p+1/b22-19-,30-28-,31-29+,34-33-,37-36-,64-61-. The summed E-state index contributed by atoms with van der Waals surface area (Å²) in [5.74, 6) is -0.505. The SMILES string of the molecule is CCCCC/C=C\C/C=C\C/C=C\C/C=C\CCCCCCCCCCCCCC(=O)OC(/C=C\CCCCCCCCCCCCC)C(COP(=O)(O)OCC[N+](C)(C)C)NC(=O)CCCCCCCCC/C=C/CCCCCCCC. The summed E-state index contributed by atoms with van der Waals surface area (Å²) in [4.78, 5) is 37.9. The van der Waals surface area contributed by atoms with Crippen molar-refractivity contribution in [2.24, 2.45) is 0 Å². The van der Waals surface area contributed by atoms with Crippen LogP contribution in [0.15, 0.2) is 72.9 Å². The highest BCUT2D eigenvalue weighted by Gasteiger charge is 2.30. The number of carbonyl (C=O) groups excluding carboxylic acids is 2. The summed E-state index contributed by atoms with van der Waals surface area (Å²) in [5.41, 5.74) is 0. The van der Waals surface area contributed by atoms with Gasteiger partial charge < -0.3 is 19.4 Å². The number of phosphoric acid groups is 1. The molecule has 0 aliphatic carbocycles. The Morgan fingerprint density at radius 3 is 1.13 bits per heavy atom. The molecule has 83 heavy (non-hydrogen) atoms. The highest BCUT2D eigenvalue weighted by Crippen LogP contribution is 2.43. The van der Waals surface area contributed by atoms with Crippen molar-refractivity contribution >= 4 is 19.7 Å². The minimum atomic E-state index is -4.46.